The highest BCUT2D eigenvalue weighted by Crippen LogP contribution is 2.28. The van der Waals surface area contributed by atoms with Gasteiger partial charge in [-0.2, -0.15) is 0 Å². The zero-order valence-corrected chi connectivity index (χ0v) is 16.3. The van der Waals surface area contributed by atoms with Gasteiger partial charge in [-0.05, 0) is 43.5 Å². The van der Waals surface area contributed by atoms with Gasteiger partial charge in [0.2, 0.25) is 5.91 Å². The van der Waals surface area contributed by atoms with Crippen LogP contribution in [0, 0.1) is 0 Å². The smallest absolute Gasteiger partial charge is 0.242 e. The summed E-state index contributed by atoms with van der Waals surface area (Å²) in [5.41, 5.74) is 1.32. The van der Waals surface area contributed by atoms with E-state index in [9.17, 15) is 15.0 Å². The number of amides is 1. The normalized spacial score (nSPS) is 17.2. The molecule has 0 radical (unpaired) electrons. The zero-order chi connectivity index (χ0) is 20.1. The summed E-state index contributed by atoms with van der Waals surface area (Å²) in [5.74, 6) is 0.728. The molecule has 6 nitrogen and oxygen atoms in total. The fraction of sp³-hybridized carbons (Fsp3) is 0.409. The highest BCUT2D eigenvalue weighted by Gasteiger charge is 2.34. The Labute approximate surface area is 165 Å². The van der Waals surface area contributed by atoms with Crippen LogP contribution in [0.3, 0.4) is 0 Å². The first-order valence-electron chi connectivity index (χ1n) is 9.66. The SMILES string of the molecule is COc1ccc([C@@H](O)[C@H](N[C@@H](C)c2ccccc2O)C(=O)N2CCCC2)cc1. The van der Waals surface area contributed by atoms with Crippen molar-refractivity contribution in [2.75, 3.05) is 20.2 Å². The quantitative estimate of drug-likeness (QED) is 0.684. The maximum atomic E-state index is 13.2. The second kappa shape index (κ2) is 9.08. The van der Waals surface area contributed by atoms with Crippen molar-refractivity contribution in [2.45, 2.75) is 38.0 Å². The molecule has 3 rings (SSSR count). The van der Waals surface area contributed by atoms with E-state index in [1.807, 2.05) is 19.1 Å². The molecule has 1 heterocycles. The van der Waals surface area contributed by atoms with Gasteiger partial charge in [-0.25, -0.2) is 0 Å². The van der Waals surface area contributed by atoms with Crippen molar-refractivity contribution in [3.05, 3.63) is 59.7 Å². The first-order chi connectivity index (χ1) is 13.5. The molecule has 0 bridgehead atoms. The fourth-order valence-electron chi connectivity index (χ4n) is 3.64. The summed E-state index contributed by atoms with van der Waals surface area (Å²) in [6.45, 7) is 3.29. The van der Waals surface area contributed by atoms with E-state index in [2.05, 4.69) is 5.32 Å². The summed E-state index contributed by atoms with van der Waals surface area (Å²) in [7, 11) is 1.58. The van der Waals surface area contributed by atoms with Gasteiger partial charge in [0.15, 0.2) is 0 Å². The number of hydrogen-bond donors (Lipinski definition) is 3. The number of para-hydroxylation sites is 1. The third kappa shape index (κ3) is 4.46. The van der Waals surface area contributed by atoms with Crippen molar-refractivity contribution >= 4 is 5.91 Å². The Morgan fingerprint density at radius 3 is 2.36 bits per heavy atom. The molecular formula is C22H28N2O4. The molecule has 3 atom stereocenters. The van der Waals surface area contributed by atoms with Gasteiger partial charge in [0.1, 0.15) is 23.6 Å². The van der Waals surface area contributed by atoms with Crippen molar-refractivity contribution in [3.63, 3.8) is 0 Å². The Morgan fingerprint density at radius 1 is 1.11 bits per heavy atom. The number of ether oxygens (including phenoxy) is 1. The van der Waals surface area contributed by atoms with Crippen molar-refractivity contribution in [1.29, 1.82) is 0 Å². The van der Waals surface area contributed by atoms with E-state index in [0.717, 1.165) is 12.8 Å². The van der Waals surface area contributed by atoms with Crippen LogP contribution >= 0.6 is 0 Å². The molecule has 1 aliphatic heterocycles. The van der Waals surface area contributed by atoms with Crippen LogP contribution in [0.5, 0.6) is 11.5 Å². The highest BCUT2D eigenvalue weighted by molar-refractivity contribution is 5.83. The predicted molar refractivity (Wildman–Crippen MR) is 107 cm³/mol. The number of phenolic OH excluding ortho intramolecular Hbond substituents is 1. The van der Waals surface area contributed by atoms with Crippen molar-refractivity contribution in [1.82, 2.24) is 10.2 Å². The molecule has 1 amide bonds. The lowest BCUT2D eigenvalue weighted by Gasteiger charge is -2.30. The molecule has 1 fully saturated rings. The molecule has 1 aliphatic rings. The van der Waals surface area contributed by atoms with Crippen LogP contribution in [-0.4, -0.2) is 47.3 Å². The Morgan fingerprint density at radius 2 is 1.75 bits per heavy atom. The van der Waals surface area contributed by atoms with Gasteiger partial charge in [-0.15, -0.1) is 0 Å². The number of aliphatic hydroxyl groups excluding tert-OH is 1. The minimum absolute atomic E-state index is 0.122. The molecule has 0 aromatic heterocycles. The Bertz CT molecular complexity index is 787. The molecular weight excluding hydrogens is 356 g/mol. The zero-order valence-electron chi connectivity index (χ0n) is 16.3. The van der Waals surface area contributed by atoms with Crippen LogP contribution in [0.2, 0.25) is 0 Å². The third-order valence-corrected chi connectivity index (χ3v) is 5.29. The number of nitrogens with zero attached hydrogens (tertiary/aromatic N) is 1. The summed E-state index contributed by atoms with van der Waals surface area (Å²) in [5, 5.41) is 24.4. The average Bonchev–Trinajstić information content (AvgIpc) is 3.26. The standard InChI is InChI=1S/C22H28N2O4/c1-15(18-7-3-4-8-19(18)25)23-20(22(27)24-13-5-6-14-24)21(26)16-9-11-17(28-2)12-10-16/h3-4,7-12,15,20-21,23,25-26H,5-6,13-14H2,1-2H3/t15-,20-,21+/m0/s1. The summed E-state index contributed by atoms with van der Waals surface area (Å²) >= 11 is 0. The van der Waals surface area contributed by atoms with Crippen LogP contribution in [0.15, 0.2) is 48.5 Å². The molecule has 0 unspecified atom stereocenters. The predicted octanol–water partition coefficient (Wildman–Crippen LogP) is 2.78. The lowest BCUT2D eigenvalue weighted by molar-refractivity contribution is -0.135. The number of hydrogen-bond acceptors (Lipinski definition) is 5. The van der Waals surface area contributed by atoms with E-state index in [4.69, 9.17) is 4.74 Å². The van der Waals surface area contributed by atoms with Crippen molar-refractivity contribution in [2.24, 2.45) is 0 Å². The maximum absolute atomic E-state index is 13.2. The summed E-state index contributed by atoms with van der Waals surface area (Å²) in [6, 6.07) is 12.9. The fourth-order valence-corrected chi connectivity index (χ4v) is 3.64. The van der Waals surface area contributed by atoms with Gasteiger partial charge in [0.25, 0.3) is 0 Å². The van der Waals surface area contributed by atoms with E-state index < -0.39 is 12.1 Å². The number of aromatic hydroxyl groups is 1. The van der Waals surface area contributed by atoms with Gasteiger partial charge in [0, 0.05) is 24.7 Å². The summed E-state index contributed by atoms with van der Waals surface area (Å²) in [4.78, 5) is 14.9. The number of benzene rings is 2. The lowest BCUT2D eigenvalue weighted by Crippen LogP contribution is -2.49. The second-order valence-electron chi connectivity index (χ2n) is 7.18. The monoisotopic (exact) mass is 384 g/mol. The number of carbonyl (C=O) groups is 1. The van der Waals surface area contributed by atoms with Gasteiger partial charge in [-0.3, -0.25) is 10.1 Å². The number of carbonyl (C=O) groups excluding carboxylic acids is 1. The number of rotatable bonds is 7. The molecule has 0 saturated carbocycles. The van der Waals surface area contributed by atoms with E-state index in [1.165, 1.54) is 0 Å². The number of likely N-dealkylation sites (tertiary alicyclic amines) is 1. The van der Waals surface area contributed by atoms with Crippen LogP contribution in [0.25, 0.3) is 0 Å². The Kier molecular flexibility index (Phi) is 6.54. The second-order valence-corrected chi connectivity index (χ2v) is 7.18. The number of nitrogens with one attached hydrogen (secondary N) is 1. The van der Waals surface area contributed by atoms with Crippen LogP contribution in [0.4, 0.5) is 0 Å². The molecule has 6 heteroatoms. The van der Waals surface area contributed by atoms with E-state index in [-0.39, 0.29) is 17.7 Å². The molecule has 2 aromatic carbocycles. The van der Waals surface area contributed by atoms with Crippen molar-refractivity contribution < 1.29 is 19.7 Å². The van der Waals surface area contributed by atoms with Gasteiger partial charge >= 0.3 is 0 Å². The molecule has 150 valence electrons. The molecule has 1 saturated heterocycles. The minimum atomic E-state index is -1.02. The average molecular weight is 384 g/mol. The van der Waals surface area contributed by atoms with Crippen LogP contribution < -0.4 is 10.1 Å². The lowest BCUT2D eigenvalue weighted by atomic mass is 9.98. The summed E-state index contributed by atoms with van der Waals surface area (Å²) < 4.78 is 5.17. The molecule has 0 aliphatic carbocycles. The maximum Gasteiger partial charge on any atom is 0.242 e. The van der Waals surface area contributed by atoms with Crippen molar-refractivity contribution in [3.8, 4) is 11.5 Å². The molecule has 2 aromatic rings. The van der Waals surface area contributed by atoms with Gasteiger partial charge in [-0.1, -0.05) is 30.3 Å². The Balaban J connectivity index is 1.85. The number of phenols is 1. The van der Waals surface area contributed by atoms with E-state index >= 15 is 0 Å². The van der Waals surface area contributed by atoms with Crippen LogP contribution in [-0.2, 0) is 4.79 Å². The summed E-state index contributed by atoms with van der Waals surface area (Å²) in [6.07, 6.45) is 0.936. The van der Waals surface area contributed by atoms with Gasteiger partial charge in [0.05, 0.1) is 7.11 Å². The van der Waals surface area contributed by atoms with E-state index in [1.54, 1.807) is 48.4 Å². The number of aliphatic hydroxyl groups is 1. The first kappa shape index (κ1) is 20.2. The first-order valence-corrected chi connectivity index (χ1v) is 9.66. The molecule has 0 spiro atoms. The topological polar surface area (TPSA) is 82.0 Å². The molecule has 3 N–H and O–H groups in total. The van der Waals surface area contributed by atoms with Gasteiger partial charge < -0.3 is 19.8 Å². The highest BCUT2D eigenvalue weighted by atomic mass is 16.5. The largest absolute Gasteiger partial charge is 0.508 e. The number of methoxy groups -OCH3 is 1. The third-order valence-electron chi connectivity index (χ3n) is 5.29. The molecule has 28 heavy (non-hydrogen) atoms. The van der Waals surface area contributed by atoms with E-state index in [0.29, 0.717) is 30.0 Å². The Hall–Kier alpha value is -2.57. The van der Waals surface area contributed by atoms with Crippen LogP contribution in [0.1, 0.15) is 43.0 Å². The minimum Gasteiger partial charge on any atom is -0.508 e.